The lowest BCUT2D eigenvalue weighted by Gasteiger charge is -2.37. The molecule has 0 spiro atoms. The fraction of sp³-hybridized carbons (Fsp3) is 0.217. The predicted molar refractivity (Wildman–Crippen MR) is 92.8 cm³/mol. The van der Waals surface area contributed by atoms with Crippen molar-refractivity contribution in [2.45, 2.75) is 24.7 Å². The van der Waals surface area contributed by atoms with Crippen molar-refractivity contribution in [2.24, 2.45) is 5.41 Å². The van der Waals surface area contributed by atoms with Gasteiger partial charge in [-0.25, -0.2) is 0 Å². The van der Waals surface area contributed by atoms with E-state index in [-0.39, 0.29) is 5.41 Å². The molecule has 0 heterocycles. The van der Waals surface area contributed by atoms with Crippen LogP contribution in [0.3, 0.4) is 0 Å². The van der Waals surface area contributed by atoms with Gasteiger partial charge in [0.1, 0.15) is 0 Å². The Kier molecular flexibility index (Phi) is 1.98. The molecule has 0 bridgehead atoms. The molecular weight excluding hydrogens is 276 g/mol. The molecule has 0 radical (unpaired) electrons. The smallest absolute Gasteiger partial charge is 0.0525 e. The Balaban J connectivity index is 1.82. The molecule has 3 aromatic carbocycles. The summed E-state index contributed by atoms with van der Waals surface area (Å²) < 4.78 is 0. The molecule has 0 aliphatic heterocycles. The van der Waals surface area contributed by atoms with Gasteiger partial charge in [0, 0.05) is 5.41 Å². The second-order valence-electron chi connectivity index (χ2n) is 7.53. The summed E-state index contributed by atoms with van der Waals surface area (Å²) >= 11 is 0. The van der Waals surface area contributed by atoms with E-state index in [0.29, 0.717) is 5.41 Å². The number of rotatable bonds is 0. The van der Waals surface area contributed by atoms with Crippen LogP contribution in [-0.2, 0) is 24.7 Å². The van der Waals surface area contributed by atoms with Gasteiger partial charge in [-0.05, 0) is 52.6 Å². The van der Waals surface area contributed by atoms with Crippen LogP contribution < -0.4 is 0 Å². The number of fused-ring (bicyclic) bond motifs is 3. The van der Waals surface area contributed by atoms with Crippen molar-refractivity contribution in [1.82, 2.24) is 0 Å². The van der Waals surface area contributed by atoms with Crippen LogP contribution in [0.4, 0.5) is 0 Å². The number of hydrogen-bond acceptors (Lipinski definition) is 0. The summed E-state index contributed by atoms with van der Waals surface area (Å²) in [5, 5.41) is 0. The van der Waals surface area contributed by atoms with Gasteiger partial charge in [0.15, 0.2) is 0 Å². The first-order valence-corrected chi connectivity index (χ1v) is 8.60. The van der Waals surface area contributed by atoms with Crippen LogP contribution >= 0.6 is 0 Å². The first-order valence-electron chi connectivity index (χ1n) is 8.60. The van der Waals surface area contributed by atoms with Crippen LogP contribution in [0.2, 0.25) is 0 Å². The number of benzene rings is 3. The van der Waals surface area contributed by atoms with Gasteiger partial charge < -0.3 is 0 Å². The molecule has 0 amide bonds. The van der Waals surface area contributed by atoms with Gasteiger partial charge in [0.25, 0.3) is 0 Å². The van der Waals surface area contributed by atoms with Crippen molar-refractivity contribution < 1.29 is 0 Å². The minimum absolute atomic E-state index is 0.0940. The van der Waals surface area contributed by atoms with Crippen LogP contribution in [0.5, 0.6) is 0 Å². The van der Waals surface area contributed by atoms with Crippen molar-refractivity contribution >= 4 is 0 Å². The normalized spacial score (nSPS) is 28.7. The van der Waals surface area contributed by atoms with E-state index < -0.39 is 0 Å². The molecule has 0 N–H and O–H groups in total. The average molecular weight is 294 g/mol. The summed E-state index contributed by atoms with van der Waals surface area (Å²) in [4.78, 5) is 0. The molecule has 0 atom stereocenters. The Morgan fingerprint density at radius 1 is 0.478 bits per heavy atom. The lowest BCUT2D eigenvalue weighted by atomic mass is 9.64. The van der Waals surface area contributed by atoms with Crippen LogP contribution in [0.25, 0.3) is 0 Å². The number of hydrogen-bond donors (Lipinski definition) is 0. The van der Waals surface area contributed by atoms with Crippen molar-refractivity contribution in [2.75, 3.05) is 0 Å². The fourth-order valence-corrected chi connectivity index (χ4v) is 6.09. The standard InChI is InChI=1S/C23H18/c1-4-10-19-16(7-1)13-22-14-17-8-2-5-11-20(17)23(19,22)21-12-6-3-9-18(21)15-22/h1-12H,13-15H2. The molecule has 0 aromatic heterocycles. The third-order valence-electron chi connectivity index (χ3n) is 6.65. The molecular formula is C23H18. The molecule has 0 saturated carbocycles. The van der Waals surface area contributed by atoms with E-state index in [1.54, 1.807) is 33.4 Å². The third-order valence-corrected chi connectivity index (χ3v) is 6.65. The SMILES string of the molecule is c1ccc2c(c1)CC13Cc4ccccc4C21c1ccccc1C3. The van der Waals surface area contributed by atoms with E-state index in [4.69, 9.17) is 0 Å². The minimum atomic E-state index is 0.0940. The second-order valence-corrected chi connectivity index (χ2v) is 7.53. The van der Waals surface area contributed by atoms with Gasteiger partial charge in [-0.1, -0.05) is 72.8 Å². The maximum Gasteiger partial charge on any atom is 0.0525 e. The minimum Gasteiger partial charge on any atom is -0.0620 e. The van der Waals surface area contributed by atoms with Crippen molar-refractivity contribution in [1.29, 1.82) is 0 Å². The van der Waals surface area contributed by atoms with Gasteiger partial charge in [0.2, 0.25) is 0 Å². The first kappa shape index (κ1) is 12.1. The highest BCUT2D eigenvalue weighted by Gasteiger charge is 2.66. The molecule has 23 heavy (non-hydrogen) atoms. The van der Waals surface area contributed by atoms with E-state index in [1.807, 2.05) is 0 Å². The van der Waals surface area contributed by atoms with E-state index in [2.05, 4.69) is 72.8 Å². The highest BCUT2D eigenvalue weighted by atomic mass is 14.7. The fourth-order valence-electron chi connectivity index (χ4n) is 6.09. The highest BCUT2D eigenvalue weighted by Crippen LogP contribution is 2.69. The lowest BCUT2D eigenvalue weighted by Crippen LogP contribution is -2.37. The topological polar surface area (TPSA) is 0 Å². The zero-order valence-electron chi connectivity index (χ0n) is 13.0. The highest BCUT2D eigenvalue weighted by molar-refractivity contribution is 5.69. The zero-order chi connectivity index (χ0) is 15.1. The molecule has 0 unspecified atom stereocenters. The Labute approximate surface area is 136 Å². The summed E-state index contributed by atoms with van der Waals surface area (Å²) in [5.74, 6) is 0. The zero-order valence-corrected chi connectivity index (χ0v) is 13.0. The molecule has 0 heteroatoms. The van der Waals surface area contributed by atoms with Gasteiger partial charge in [-0.15, -0.1) is 0 Å². The first-order chi connectivity index (χ1) is 11.4. The van der Waals surface area contributed by atoms with Crippen LogP contribution in [-0.4, -0.2) is 0 Å². The third kappa shape index (κ3) is 1.16. The molecule has 0 fully saturated rings. The quantitative estimate of drug-likeness (QED) is 0.565. The average Bonchev–Trinajstić information content (AvgIpc) is 3.11. The van der Waals surface area contributed by atoms with Crippen molar-refractivity contribution in [3.63, 3.8) is 0 Å². The summed E-state index contributed by atoms with van der Waals surface area (Å²) in [5.41, 5.74) is 9.81. The lowest BCUT2D eigenvalue weighted by molar-refractivity contribution is 0.257. The van der Waals surface area contributed by atoms with E-state index in [0.717, 1.165) is 0 Å². The Morgan fingerprint density at radius 2 is 0.826 bits per heavy atom. The van der Waals surface area contributed by atoms with Crippen molar-refractivity contribution in [3.05, 3.63) is 106 Å². The Bertz CT molecular complexity index is 840. The molecule has 0 nitrogen and oxygen atoms in total. The van der Waals surface area contributed by atoms with Crippen LogP contribution in [0, 0.1) is 5.41 Å². The summed E-state index contributed by atoms with van der Waals surface area (Å²) in [6.07, 6.45) is 3.64. The predicted octanol–water partition coefficient (Wildman–Crippen LogP) is 4.68. The van der Waals surface area contributed by atoms with E-state index in [1.165, 1.54) is 19.3 Å². The molecule has 3 aliphatic rings. The summed E-state index contributed by atoms with van der Waals surface area (Å²) in [7, 11) is 0. The Hall–Kier alpha value is -2.34. The molecule has 6 rings (SSSR count). The maximum absolute atomic E-state index is 2.39. The van der Waals surface area contributed by atoms with Gasteiger partial charge >= 0.3 is 0 Å². The molecule has 3 aliphatic carbocycles. The van der Waals surface area contributed by atoms with Gasteiger partial charge in [0.05, 0.1) is 5.41 Å². The summed E-state index contributed by atoms with van der Waals surface area (Å²) in [6.45, 7) is 0. The maximum atomic E-state index is 2.39. The van der Waals surface area contributed by atoms with Crippen molar-refractivity contribution in [3.8, 4) is 0 Å². The van der Waals surface area contributed by atoms with Gasteiger partial charge in [-0.2, -0.15) is 0 Å². The van der Waals surface area contributed by atoms with Gasteiger partial charge in [-0.3, -0.25) is 0 Å². The molecule has 0 saturated heterocycles. The summed E-state index contributed by atoms with van der Waals surface area (Å²) in [6, 6.07) is 27.5. The van der Waals surface area contributed by atoms with Crippen LogP contribution in [0.15, 0.2) is 72.8 Å². The van der Waals surface area contributed by atoms with E-state index >= 15 is 0 Å². The molecule has 3 aromatic rings. The monoisotopic (exact) mass is 294 g/mol. The Morgan fingerprint density at radius 3 is 1.22 bits per heavy atom. The largest absolute Gasteiger partial charge is 0.0620 e. The molecule has 110 valence electrons. The van der Waals surface area contributed by atoms with Crippen LogP contribution in [0.1, 0.15) is 33.4 Å². The second kappa shape index (κ2) is 3.76. The van der Waals surface area contributed by atoms with E-state index in [9.17, 15) is 0 Å².